The Balaban J connectivity index is 1.44. The van der Waals surface area contributed by atoms with Gasteiger partial charge in [-0.2, -0.15) is 0 Å². The highest BCUT2D eigenvalue weighted by atomic mass is 16.3. The van der Waals surface area contributed by atoms with E-state index >= 15 is 0 Å². The zero-order valence-corrected chi connectivity index (χ0v) is 14.5. The second kappa shape index (κ2) is 6.25. The average Bonchev–Trinajstić information content (AvgIpc) is 3.14. The van der Waals surface area contributed by atoms with Crippen molar-refractivity contribution in [2.24, 2.45) is 5.92 Å². The molecule has 26 heavy (non-hydrogen) atoms. The quantitative estimate of drug-likeness (QED) is 0.790. The molecule has 0 aliphatic carbocycles. The lowest BCUT2D eigenvalue weighted by Gasteiger charge is -2.44. The van der Waals surface area contributed by atoms with Crippen LogP contribution in [0, 0.1) is 5.92 Å². The second-order valence-corrected chi connectivity index (χ2v) is 7.29. The highest BCUT2D eigenvalue weighted by molar-refractivity contribution is 6.00. The van der Waals surface area contributed by atoms with E-state index in [4.69, 9.17) is 4.42 Å². The molecular formula is C21H21N3O2. The Hall–Kier alpha value is -2.66. The molecule has 1 amide bonds. The normalized spacial score (nSPS) is 24.7. The predicted octanol–water partition coefficient (Wildman–Crippen LogP) is 3.32. The minimum atomic E-state index is -0.114. The van der Waals surface area contributed by atoms with E-state index in [0.717, 1.165) is 41.7 Å². The van der Waals surface area contributed by atoms with Gasteiger partial charge in [-0.3, -0.25) is 9.78 Å². The van der Waals surface area contributed by atoms with Crippen LogP contribution in [0.15, 0.2) is 53.2 Å². The van der Waals surface area contributed by atoms with Gasteiger partial charge in [0.25, 0.3) is 5.91 Å². The van der Waals surface area contributed by atoms with E-state index in [1.807, 2.05) is 42.6 Å². The maximum absolute atomic E-state index is 12.8. The van der Waals surface area contributed by atoms with Crippen molar-refractivity contribution in [1.82, 2.24) is 15.2 Å². The van der Waals surface area contributed by atoms with Gasteiger partial charge in [0, 0.05) is 41.5 Å². The minimum absolute atomic E-state index is 0.114. The molecule has 1 atom stereocenters. The summed E-state index contributed by atoms with van der Waals surface area (Å²) in [7, 11) is 0. The number of rotatable bonds is 3. The summed E-state index contributed by atoms with van der Waals surface area (Å²) in [6.45, 7) is 3.28. The highest BCUT2D eigenvalue weighted by Crippen LogP contribution is 2.31. The number of carbonyl (C=O) groups is 1. The van der Waals surface area contributed by atoms with Crippen molar-refractivity contribution in [3.8, 4) is 11.1 Å². The standard InChI is InChI=1S/C21H21N3O2/c25-21(23-18-13-24-9-6-14(18)7-10-24)19-11-15-3-1-5-17(20(15)26-19)16-4-2-8-22-12-16/h1-5,8,11-12,14,18H,6-7,9-10,13H2,(H,23,25). The third-order valence-corrected chi connectivity index (χ3v) is 5.71. The number of pyridine rings is 1. The third kappa shape index (κ3) is 2.69. The van der Waals surface area contributed by atoms with Gasteiger partial charge in [0.15, 0.2) is 5.76 Å². The van der Waals surface area contributed by atoms with E-state index in [2.05, 4.69) is 15.2 Å². The van der Waals surface area contributed by atoms with Crippen LogP contribution in [0.3, 0.4) is 0 Å². The molecule has 5 heteroatoms. The zero-order valence-electron chi connectivity index (χ0n) is 14.5. The van der Waals surface area contributed by atoms with Gasteiger partial charge in [-0.05, 0) is 44.0 Å². The minimum Gasteiger partial charge on any atom is -0.450 e. The smallest absolute Gasteiger partial charge is 0.287 e. The maximum Gasteiger partial charge on any atom is 0.287 e. The number of nitrogens with one attached hydrogen (secondary N) is 1. The van der Waals surface area contributed by atoms with Crippen molar-refractivity contribution in [3.63, 3.8) is 0 Å². The van der Waals surface area contributed by atoms with Gasteiger partial charge in [0.2, 0.25) is 0 Å². The van der Waals surface area contributed by atoms with Crippen LogP contribution in [0.1, 0.15) is 23.4 Å². The summed E-state index contributed by atoms with van der Waals surface area (Å²) in [5.74, 6) is 0.865. The molecular weight excluding hydrogens is 326 g/mol. The predicted molar refractivity (Wildman–Crippen MR) is 99.9 cm³/mol. The fourth-order valence-corrected chi connectivity index (χ4v) is 4.29. The third-order valence-electron chi connectivity index (χ3n) is 5.71. The summed E-state index contributed by atoms with van der Waals surface area (Å²) in [5, 5.41) is 4.14. The van der Waals surface area contributed by atoms with Crippen molar-refractivity contribution >= 4 is 16.9 Å². The number of hydrogen-bond donors (Lipinski definition) is 1. The van der Waals surface area contributed by atoms with E-state index in [1.54, 1.807) is 6.20 Å². The molecule has 0 saturated carbocycles. The fourth-order valence-electron chi connectivity index (χ4n) is 4.29. The van der Waals surface area contributed by atoms with Gasteiger partial charge in [-0.1, -0.05) is 24.3 Å². The number of benzene rings is 1. The number of furan rings is 1. The van der Waals surface area contributed by atoms with Gasteiger partial charge >= 0.3 is 0 Å². The van der Waals surface area contributed by atoms with Gasteiger partial charge in [0.1, 0.15) is 5.58 Å². The molecule has 2 bridgehead atoms. The number of hydrogen-bond acceptors (Lipinski definition) is 4. The van der Waals surface area contributed by atoms with Crippen molar-refractivity contribution in [3.05, 3.63) is 54.6 Å². The van der Waals surface area contributed by atoms with E-state index in [0.29, 0.717) is 11.7 Å². The molecule has 5 heterocycles. The van der Waals surface area contributed by atoms with Crippen LogP contribution in [-0.2, 0) is 0 Å². The number of fused-ring (bicyclic) bond motifs is 4. The topological polar surface area (TPSA) is 58.4 Å². The van der Waals surface area contributed by atoms with Crippen LogP contribution in [0.4, 0.5) is 0 Å². The molecule has 3 aliphatic heterocycles. The summed E-state index contributed by atoms with van der Waals surface area (Å²) in [5.41, 5.74) is 2.67. The Kier molecular flexibility index (Phi) is 3.75. The van der Waals surface area contributed by atoms with E-state index in [1.165, 1.54) is 12.8 Å². The molecule has 3 fully saturated rings. The van der Waals surface area contributed by atoms with Gasteiger partial charge < -0.3 is 14.6 Å². The molecule has 0 radical (unpaired) electrons. The first-order chi connectivity index (χ1) is 12.8. The molecule has 3 aliphatic rings. The highest BCUT2D eigenvalue weighted by Gasteiger charge is 2.35. The van der Waals surface area contributed by atoms with Crippen LogP contribution in [-0.4, -0.2) is 41.5 Å². The summed E-state index contributed by atoms with van der Waals surface area (Å²) in [4.78, 5) is 19.4. The van der Waals surface area contributed by atoms with Gasteiger partial charge in [-0.15, -0.1) is 0 Å². The number of nitrogens with zero attached hydrogens (tertiary/aromatic N) is 2. The van der Waals surface area contributed by atoms with Crippen molar-refractivity contribution in [1.29, 1.82) is 0 Å². The van der Waals surface area contributed by atoms with E-state index < -0.39 is 0 Å². The second-order valence-electron chi connectivity index (χ2n) is 7.29. The molecule has 5 nitrogen and oxygen atoms in total. The molecule has 1 aromatic carbocycles. The summed E-state index contributed by atoms with van der Waals surface area (Å²) < 4.78 is 5.98. The molecule has 1 N–H and O–H groups in total. The first-order valence-electron chi connectivity index (χ1n) is 9.24. The molecule has 132 valence electrons. The largest absolute Gasteiger partial charge is 0.450 e. The van der Waals surface area contributed by atoms with E-state index in [-0.39, 0.29) is 11.9 Å². The van der Waals surface area contributed by atoms with Crippen molar-refractivity contribution in [2.45, 2.75) is 18.9 Å². The van der Waals surface area contributed by atoms with Crippen LogP contribution >= 0.6 is 0 Å². The Morgan fingerprint density at radius 1 is 1.19 bits per heavy atom. The Morgan fingerprint density at radius 3 is 2.81 bits per heavy atom. The number of aromatic nitrogens is 1. The maximum atomic E-state index is 12.8. The molecule has 2 aromatic heterocycles. The van der Waals surface area contributed by atoms with Gasteiger partial charge in [0.05, 0.1) is 0 Å². The van der Waals surface area contributed by atoms with Crippen LogP contribution in [0.2, 0.25) is 0 Å². The van der Waals surface area contributed by atoms with Crippen molar-refractivity contribution < 1.29 is 9.21 Å². The SMILES string of the molecule is O=C(NC1CN2CCC1CC2)c1cc2cccc(-c3cccnc3)c2o1. The van der Waals surface area contributed by atoms with Crippen LogP contribution in [0.25, 0.3) is 22.1 Å². The fraction of sp³-hybridized carbons (Fsp3) is 0.333. The summed E-state index contributed by atoms with van der Waals surface area (Å²) >= 11 is 0. The molecule has 0 spiro atoms. The summed E-state index contributed by atoms with van der Waals surface area (Å²) in [6.07, 6.45) is 5.91. The number of amides is 1. The molecule has 3 aromatic rings. The molecule has 1 unspecified atom stereocenters. The van der Waals surface area contributed by atoms with Crippen LogP contribution < -0.4 is 5.32 Å². The Labute approximate surface area is 152 Å². The first-order valence-corrected chi connectivity index (χ1v) is 9.24. The lowest BCUT2D eigenvalue weighted by molar-refractivity contribution is 0.0607. The Morgan fingerprint density at radius 2 is 2.08 bits per heavy atom. The monoisotopic (exact) mass is 347 g/mol. The number of piperidine rings is 3. The van der Waals surface area contributed by atoms with E-state index in [9.17, 15) is 4.79 Å². The zero-order chi connectivity index (χ0) is 17.5. The summed E-state index contributed by atoms with van der Waals surface area (Å²) in [6, 6.07) is 11.9. The number of carbonyl (C=O) groups excluding carboxylic acids is 1. The van der Waals surface area contributed by atoms with Crippen molar-refractivity contribution in [2.75, 3.05) is 19.6 Å². The molecule has 3 saturated heterocycles. The molecule has 6 rings (SSSR count). The average molecular weight is 347 g/mol. The lowest BCUT2D eigenvalue weighted by Crippen LogP contribution is -2.57. The lowest BCUT2D eigenvalue weighted by atomic mass is 9.84. The van der Waals surface area contributed by atoms with Gasteiger partial charge in [-0.25, -0.2) is 0 Å². The Bertz CT molecular complexity index is 942. The van der Waals surface area contributed by atoms with Crippen LogP contribution in [0.5, 0.6) is 0 Å². The first kappa shape index (κ1) is 15.6. The number of para-hydroxylation sites is 1.